The molecule has 2 amide bonds. The molecule has 2 aromatic rings. The normalized spacial score (nSPS) is 11.1. The first-order valence-corrected chi connectivity index (χ1v) is 7.96. The Kier molecular flexibility index (Phi) is 5.54. The van der Waals surface area contributed by atoms with Crippen LogP contribution in [0.25, 0.3) is 0 Å². The van der Waals surface area contributed by atoms with Crippen molar-refractivity contribution in [1.29, 1.82) is 0 Å². The van der Waals surface area contributed by atoms with Crippen LogP contribution in [0, 0.1) is 0 Å². The zero-order valence-electron chi connectivity index (χ0n) is 12.3. The quantitative estimate of drug-likeness (QED) is 0.789. The molecule has 0 atom stereocenters. The maximum Gasteiger partial charge on any atom is 0.416 e. The van der Waals surface area contributed by atoms with E-state index in [9.17, 15) is 18.0 Å². The van der Waals surface area contributed by atoms with Gasteiger partial charge in [-0.15, -0.1) is 11.8 Å². The average molecular weight is 340 g/mol. The van der Waals surface area contributed by atoms with E-state index in [2.05, 4.69) is 10.6 Å². The van der Waals surface area contributed by atoms with Crippen LogP contribution >= 0.6 is 11.8 Å². The highest BCUT2D eigenvalue weighted by Gasteiger charge is 2.32. The molecule has 0 saturated carbocycles. The van der Waals surface area contributed by atoms with Crippen LogP contribution in [0.5, 0.6) is 0 Å². The summed E-state index contributed by atoms with van der Waals surface area (Å²) in [6.07, 6.45) is -2.53. The molecule has 0 unspecified atom stereocenters. The molecule has 7 heteroatoms. The molecule has 0 spiro atoms. The lowest BCUT2D eigenvalue weighted by Crippen LogP contribution is -2.29. The van der Waals surface area contributed by atoms with E-state index in [1.807, 2.05) is 12.3 Å². The van der Waals surface area contributed by atoms with Crippen LogP contribution in [-0.2, 0) is 12.7 Å². The number of halogens is 3. The van der Waals surface area contributed by atoms with Crippen molar-refractivity contribution in [3.63, 3.8) is 0 Å². The molecule has 2 N–H and O–H groups in total. The van der Waals surface area contributed by atoms with Gasteiger partial charge in [0.1, 0.15) is 0 Å². The molecule has 0 bridgehead atoms. The van der Waals surface area contributed by atoms with Crippen molar-refractivity contribution in [2.45, 2.75) is 17.6 Å². The van der Waals surface area contributed by atoms with Gasteiger partial charge in [-0.2, -0.15) is 13.2 Å². The molecule has 2 rings (SSSR count). The Labute approximate surface area is 136 Å². The Morgan fingerprint density at radius 2 is 1.87 bits per heavy atom. The number of hydrogen-bond donors (Lipinski definition) is 2. The minimum absolute atomic E-state index is 0.0213. The van der Waals surface area contributed by atoms with Crippen LogP contribution in [0.15, 0.2) is 53.4 Å². The van der Waals surface area contributed by atoms with Gasteiger partial charge in [0.15, 0.2) is 0 Å². The van der Waals surface area contributed by atoms with Crippen molar-refractivity contribution in [3.8, 4) is 0 Å². The zero-order valence-corrected chi connectivity index (χ0v) is 13.1. The lowest BCUT2D eigenvalue weighted by Gasteiger charge is -2.13. The topological polar surface area (TPSA) is 41.1 Å². The van der Waals surface area contributed by atoms with Crippen LogP contribution in [0.1, 0.15) is 11.1 Å². The van der Waals surface area contributed by atoms with Crippen LogP contribution < -0.4 is 10.6 Å². The summed E-state index contributed by atoms with van der Waals surface area (Å²) in [5.41, 5.74) is -0.142. The summed E-state index contributed by atoms with van der Waals surface area (Å²) in [5, 5.41) is 5.04. The molecule has 0 heterocycles. The van der Waals surface area contributed by atoms with Crippen LogP contribution in [0.3, 0.4) is 0 Å². The van der Waals surface area contributed by atoms with Gasteiger partial charge in [0.25, 0.3) is 0 Å². The first-order valence-electron chi connectivity index (χ1n) is 6.74. The highest BCUT2D eigenvalue weighted by molar-refractivity contribution is 7.98. The van der Waals surface area contributed by atoms with E-state index in [1.165, 1.54) is 30.0 Å². The number of amides is 2. The number of rotatable bonds is 4. The third kappa shape index (κ3) is 4.92. The fraction of sp³-hybridized carbons (Fsp3) is 0.188. The Morgan fingerprint density at radius 3 is 2.57 bits per heavy atom. The molecule has 122 valence electrons. The fourth-order valence-corrected chi connectivity index (χ4v) is 2.46. The minimum atomic E-state index is -4.44. The van der Waals surface area contributed by atoms with Gasteiger partial charge in [-0.1, -0.05) is 24.3 Å². The molecule has 0 fully saturated rings. The summed E-state index contributed by atoms with van der Waals surface area (Å²) in [4.78, 5) is 12.8. The summed E-state index contributed by atoms with van der Waals surface area (Å²) >= 11 is 1.53. The largest absolute Gasteiger partial charge is 0.416 e. The van der Waals surface area contributed by atoms with Crippen molar-refractivity contribution in [2.75, 3.05) is 11.6 Å². The smallest absolute Gasteiger partial charge is 0.334 e. The van der Waals surface area contributed by atoms with Gasteiger partial charge in [0.05, 0.1) is 5.56 Å². The SMILES string of the molecule is CSc1cccc(NC(=O)NCc2ccccc2C(F)(F)F)c1. The van der Waals surface area contributed by atoms with Crippen LogP contribution in [0.2, 0.25) is 0 Å². The van der Waals surface area contributed by atoms with Gasteiger partial charge in [-0.25, -0.2) is 4.79 Å². The van der Waals surface area contributed by atoms with Gasteiger partial charge in [-0.05, 0) is 36.1 Å². The highest BCUT2D eigenvalue weighted by atomic mass is 32.2. The summed E-state index contributed by atoms with van der Waals surface area (Å²) in [5.74, 6) is 0. The number of carbonyl (C=O) groups is 1. The van der Waals surface area contributed by atoms with Gasteiger partial charge in [0.2, 0.25) is 0 Å². The van der Waals surface area contributed by atoms with Crippen LogP contribution in [-0.4, -0.2) is 12.3 Å². The Bertz CT molecular complexity index is 689. The van der Waals surface area contributed by atoms with Gasteiger partial charge in [-0.3, -0.25) is 0 Å². The number of thioether (sulfide) groups is 1. The van der Waals surface area contributed by atoms with E-state index < -0.39 is 17.8 Å². The van der Waals surface area contributed by atoms with Crippen molar-refractivity contribution >= 4 is 23.5 Å². The molecule has 0 aliphatic rings. The molecule has 3 nitrogen and oxygen atoms in total. The van der Waals surface area contributed by atoms with Crippen molar-refractivity contribution in [3.05, 3.63) is 59.7 Å². The van der Waals surface area contributed by atoms with E-state index in [0.717, 1.165) is 11.0 Å². The third-order valence-electron chi connectivity index (χ3n) is 3.09. The number of nitrogens with one attached hydrogen (secondary N) is 2. The van der Waals surface area contributed by atoms with E-state index in [1.54, 1.807) is 18.2 Å². The number of hydrogen-bond acceptors (Lipinski definition) is 2. The second-order valence-corrected chi connectivity index (χ2v) is 5.57. The third-order valence-corrected chi connectivity index (χ3v) is 3.82. The summed E-state index contributed by atoms with van der Waals surface area (Å²) in [6.45, 7) is -0.205. The number of anilines is 1. The van der Waals surface area contributed by atoms with Crippen LogP contribution in [0.4, 0.5) is 23.7 Å². The molecule has 23 heavy (non-hydrogen) atoms. The first kappa shape index (κ1) is 17.2. The number of alkyl halides is 3. The second-order valence-electron chi connectivity index (χ2n) is 4.69. The molecular weight excluding hydrogens is 325 g/mol. The Hall–Kier alpha value is -2.15. The highest BCUT2D eigenvalue weighted by Crippen LogP contribution is 2.31. The first-order chi connectivity index (χ1) is 10.9. The van der Waals surface area contributed by atoms with Gasteiger partial charge in [0, 0.05) is 17.1 Å². The molecule has 0 aromatic heterocycles. The standard InChI is InChI=1S/C16H15F3N2OS/c1-23-13-7-4-6-12(9-13)21-15(22)20-10-11-5-2-3-8-14(11)16(17,18)19/h2-9H,10H2,1H3,(H2,20,21,22). The Balaban J connectivity index is 2.00. The van der Waals surface area contributed by atoms with E-state index in [4.69, 9.17) is 0 Å². The van der Waals surface area contributed by atoms with Gasteiger partial charge < -0.3 is 10.6 Å². The maximum absolute atomic E-state index is 12.9. The predicted molar refractivity (Wildman–Crippen MR) is 85.5 cm³/mol. The van der Waals surface area contributed by atoms with E-state index in [-0.39, 0.29) is 12.1 Å². The zero-order chi connectivity index (χ0) is 16.9. The van der Waals surface area contributed by atoms with E-state index >= 15 is 0 Å². The van der Waals surface area contributed by atoms with Crippen molar-refractivity contribution in [1.82, 2.24) is 5.32 Å². The lowest BCUT2D eigenvalue weighted by atomic mass is 10.1. The molecular formula is C16H15F3N2OS. The number of carbonyl (C=O) groups excluding carboxylic acids is 1. The minimum Gasteiger partial charge on any atom is -0.334 e. The lowest BCUT2D eigenvalue weighted by molar-refractivity contribution is -0.138. The number of benzene rings is 2. The fourth-order valence-electron chi connectivity index (χ4n) is 2.00. The summed E-state index contributed by atoms with van der Waals surface area (Å²) in [6, 6.07) is 11.8. The Morgan fingerprint density at radius 1 is 1.13 bits per heavy atom. The molecule has 2 aromatic carbocycles. The maximum atomic E-state index is 12.9. The van der Waals surface area contributed by atoms with Crippen molar-refractivity contribution in [2.24, 2.45) is 0 Å². The average Bonchev–Trinajstić information content (AvgIpc) is 2.52. The molecule has 0 radical (unpaired) electrons. The summed E-state index contributed by atoms with van der Waals surface area (Å²) < 4.78 is 38.6. The molecule has 0 aliphatic carbocycles. The molecule has 0 saturated heterocycles. The second kappa shape index (κ2) is 7.41. The predicted octanol–water partition coefficient (Wildman–Crippen LogP) is 4.75. The summed E-state index contributed by atoms with van der Waals surface area (Å²) in [7, 11) is 0. The van der Waals surface area contributed by atoms with Crippen molar-refractivity contribution < 1.29 is 18.0 Å². The monoisotopic (exact) mass is 340 g/mol. The number of urea groups is 1. The molecule has 0 aliphatic heterocycles. The van der Waals surface area contributed by atoms with Gasteiger partial charge >= 0.3 is 12.2 Å². The van der Waals surface area contributed by atoms with E-state index in [0.29, 0.717) is 5.69 Å².